The Morgan fingerprint density at radius 1 is 0.875 bits per heavy atom. The van der Waals surface area contributed by atoms with E-state index in [2.05, 4.69) is 32.1 Å². The Bertz CT molecular complexity index is 222. The number of hydrogen-bond acceptors (Lipinski definition) is 6. The van der Waals surface area contributed by atoms with E-state index in [4.69, 9.17) is 0 Å². The van der Waals surface area contributed by atoms with E-state index in [1.54, 1.807) is 0 Å². The van der Waals surface area contributed by atoms with E-state index in [1.165, 1.54) is 0 Å². The molecule has 0 spiro atoms. The highest BCUT2D eigenvalue weighted by Gasteiger charge is 2.02. The minimum Gasteiger partial charge on any atom is -0.434 e. The zero-order chi connectivity index (χ0) is 12.2. The Labute approximate surface area is 93.4 Å². The monoisotopic (exact) mass is 230 g/mol. The third-order valence-electron chi connectivity index (χ3n) is 1.34. The van der Waals surface area contributed by atoms with Gasteiger partial charge in [0.2, 0.25) is 0 Å². The van der Waals surface area contributed by atoms with Crippen molar-refractivity contribution in [3.05, 3.63) is 25.7 Å². The summed E-state index contributed by atoms with van der Waals surface area (Å²) >= 11 is 0. The van der Waals surface area contributed by atoms with E-state index in [1.807, 2.05) is 0 Å². The van der Waals surface area contributed by atoms with Crippen LogP contribution in [0.15, 0.2) is 25.7 Å². The SMILES string of the molecule is C=COC(=O)OCCCCOC(=O)OC=C. The maximum Gasteiger partial charge on any atom is 0.513 e. The van der Waals surface area contributed by atoms with Crippen LogP contribution in [0.2, 0.25) is 0 Å². The molecule has 0 radical (unpaired) electrons. The molecule has 0 saturated heterocycles. The third-order valence-corrected chi connectivity index (χ3v) is 1.34. The highest BCUT2D eigenvalue weighted by Crippen LogP contribution is 1.95. The van der Waals surface area contributed by atoms with Crippen LogP contribution in [0.1, 0.15) is 12.8 Å². The Morgan fingerprint density at radius 2 is 1.25 bits per heavy atom. The Kier molecular flexibility index (Phi) is 8.39. The van der Waals surface area contributed by atoms with Crippen LogP contribution in [-0.2, 0) is 18.9 Å². The van der Waals surface area contributed by atoms with Crippen molar-refractivity contribution in [2.45, 2.75) is 12.8 Å². The fraction of sp³-hybridized carbons (Fsp3) is 0.400. The molecule has 0 aromatic rings. The first-order chi connectivity index (χ1) is 7.70. The van der Waals surface area contributed by atoms with E-state index < -0.39 is 12.3 Å². The minimum atomic E-state index is -0.804. The van der Waals surface area contributed by atoms with Crippen molar-refractivity contribution in [3.63, 3.8) is 0 Å². The molecule has 0 unspecified atom stereocenters. The molecule has 0 aliphatic rings. The van der Waals surface area contributed by atoms with Crippen LogP contribution in [0, 0.1) is 0 Å². The summed E-state index contributed by atoms with van der Waals surface area (Å²) in [5.74, 6) is 0. The van der Waals surface area contributed by atoms with Gasteiger partial charge in [-0.05, 0) is 12.8 Å². The van der Waals surface area contributed by atoms with Crippen LogP contribution in [-0.4, -0.2) is 25.5 Å². The molecule has 0 fully saturated rings. The standard InChI is InChI=1S/C10H14O6/c1-3-13-9(11)15-7-5-6-8-16-10(12)14-4-2/h3-4H,1-2,5-8H2. The van der Waals surface area contributed by atoms with Gasteiger partial charge in [0.05, 0.1) is 25.7 Å². The molecule has 0 saturated carbocycles. The van der Waals surface area contributed by atoms with Crippen molar-refractivity contribution >= 4 is 12.3 Å². The maximum absolute atomic E-state index is 10.6. The minimum absolute atomic E-state index is 0.187. The number of ether oxygens (including phenoxy) is 4. The van der Waals surface area contributed by atoms with Crippen LogP contribution in [0.4, 0.5) is 9.59 Å². The smallest absolute Gasteiger partial charge is 0.434 e. The lowest BCUT2D eigenvalue weighted by Crippen LogP contribution is -2.08. The number of unbranched alkanes of at least 4 members (excludes halogenated alkanes) is 1. The number of carbonyl (C=O) groups excluding carboxylic acids is 2. The van der Waals surface area contributed by atoms with Crippen LogP contribution in [0.25, 0.3) is 0 Å². The zero-order valence-corrected chi connectivity index (χ0v) is 8.85. The van der Waals surface area contributed by atoms with Gasteiger partial charge in [-0.1, -0.05) is 13.2 Å². The van der Waals surface area contributed by atoms with E-state index >= 15 is 0 Å². The van der Waals surface area contributed by atoms with Gasteiger partial charge in [0.1, 0.15) is 0 Å². The van der Waals surface area contributed by atoms with Gasteiger partial charge in [0.15, 0.2) is 0 Å². The van der Waals surface area contributed by atoms with Crippen molar-refractivity contribution in [2.24, 2.45) is 0 Å². The molecular weight excluding hydrogens is 216 g/mol. The van der Waals surface area contributed by atoms with Crippen LogP contribution in [0.3, 0.4) is 0 Å². The molecule has 0 aromatic carbocycles. The lowest BCUT2D eigenvalue weighted by molar-refractivity contribution is 0.0710. The molecule has 90 valence electrons. The van der Waals surface area contributed by atoms with Crippen molar-refractivity contribution in [2.75, 3.05) is 13.2 Å². The lowest BCUT2D eigenvalue weighted by Gasteiger charge is -2.03. The summed E-state index contributed by atoms with van der Waals surface area (Å²) in [6, 6.07) is 0. The summed E-state index contributed by atoms with van der Waals surface area (Å²) in [7, 11) is 0. The van der Waals surface area contributed by atoms with Crippen molar-refractivity contribution in [3.8, 4) is 0 Å². The van der Waals surface area contributed by atoms with Gasteiger partial charge < -0.3 is 18.9 Å². The topological polar surface area (TPSA) is 71.1 Å². The Balaban J connectivity index is 3.27. The summed E-state index contributed by atoms with van der Waals surface area (Å²) in [5.41, 5.74) is 0. The molecule has 16 heavy (non-hydrogen) atoms. The van der Waals surface area contributed by atoms with E-state index in [0.29, 0.717) is 12.8 Å². The Morgan fingerprint density at radius 3 is 1.56 bits per heavy atom. The second-order valence-electron chi connectivity index (χ2n) is 2.47. The molecule has 0 atom stereocenters. The van der Waals surface area contributed by atoms with E-state index in [0.717, 1.165) is 12.5 Å². The molecule has 6 heteroatoms. The van der Waals surface area contributed by atoms with Crippen molar-refractivity contribution in [1.82, 2.24) is 0 Å². The molecule has 0 N–H and O–H groups in total. The highest BCUT2D eigenvalue weighted by atomic mass is 16.7. The lowest BCUT2D eigenvalue weighted by atomic mass is 10.3. The average molecular weight is 230 g/mol. The first-order valence-electron chi connectivity index (χ1n) is 4.59. The third kappa shape index (κ3) is 8.61. The summed E-state index contributed by atoms with van der Waals surface area (Å²) < 4.78 is 17.8. The van der Waals surface area contributed by atoms with Gasteiger partial charge >= 0.3 is 12.3 Å². The fourth-order valence-electron chi connectivity index (χ4n) is 0.719. The first-order valence-corrected chi connectivity index (χ1v) is 4.59. The second kappa shape index (κ2) is 9.57. The van der Waals surface area contributed by atoms with Gasteiger partial charge in [-0.15, -0.1) is 0 Å². The van der Waals surface area contributed by atoms with Crippen LogP contribution >= 0.6 is 0 Å². The van der Waals surface area contributed by atoms with Crippen molar-refractivity contribution < 1.29 is 28.5 Å². The fourth-order valence-corrected chi connectivity index (χ4v) is 0.719. The number of rotatable bonds is 7. The predicted molar refractivity (Wildman–Crippen MR) is 54.5 cm³/mol. The average Bonchev–Trinajstić information content (AvgIpc) is 2.24. The van der Waals surface area contributed by atoms with Gasteiger partial charge in [-0.3, -0.25) is 0 Å². The molecule has 0 heterocycles. The van der Waals surface area contributed by atoms with Crippen molar-refractivity contribution in [1.29, 1.82) is 0 Å². The molecule has 6 nitrogen and oxygen atoms in total. The van der Waals surface area contributed by atoms with Crippen LogP contribution < -0.4 is 0 Å². The summed E-state index contributed by atoms with van der Waals surface area (Å²) in [4.78, 5) is 21.3. The van der Waals surface area contributed by atoms with Gasteiger partial charge in [-0.2, -0.15) is 0 Å². The van der Waals surface area contributed by atoms with Gasteiger partial charge in [0.25, 0.3) is 0 Å². The molecule has 0 aliphatic heterocycles. The molecule has 0 rings (SSSR count). The van der Waals surface area contributed by atoms with E-state index in [-0.39, 0.29) is 13.2 Å². The molecule has 0 aliphatic carbocycles. The second-order valence-corrected chi connectivity index (χ2v) is 2.47. The maximum atomic E-state index is 10.6. The summed E-state index contributed by atoms with van der Waals surface area (Å²) in [6.45, 7) is 6.76. The zero-order valence-electron chi connectivity index (χ0n) is 8.85. The summed E-state index contributed by atoms with van der Waals surface area (Å²) in [5, 5.41) is 0. The van der Waals surface area contributed by atoms with E-state index in [9.17, 15) is 9.59 Å². The summed E-state index contributed by atoms with van der Waals surface area (Å²) in [6.07, 6.45) is 1.46. The molecule has 0 aromatic heterocycles. The van der Waals surface area contributed by atoms with Gasteiger partial charge in [-0.25, -0.2) is 9.59 Å². The quantitative estimate of drug-likeness (QED) is 0.380. The largest absolute Gasteiger partial charge is 0.513 e. The number of carbonyl (C=O) groups is 2. The highest BCUT2D eigenvalue weighted by molar-refractivity contribution is 5.60. The predicted octanol–water partition coefficient (Wildman–Crippen LogP) is 2.36. The first kappa shape index (κ1) is 14.0. The number of hydrogen-bond donors (Lipinski definition) is 0. The van der Waals surface area contributed by atoms with Crippen LogP contribution in [0.5, 0.6) is 0 Å². The molecule has 0 bridgehead atoms. The molecular formula is C10H14O6. The van der Waals surface area contributed by atoms with Gasteiger partial charge in [0, 0.05) is 0 Å². The normalized spacial score (nSPS) is 8.75. The molecule has 0 amide bonds. The Hall–Kier alpha value is -1.98.